The van der Waals surface area contributed by atoms with Crippen LogP contribution >= 0.6 is 0 Å². The predicted octanol–water partition coefficient (Wildman–Crippen LogP) is 1.45. The molecule has 3 N–H and O–H groups in total. The van der Waals surface area contributed by atoms with Crippen molar-refractivity contribution in [1.29, 1.82) is 0 Å². The topological polar surface area (TPSA) is 98.5 Å². The first-order chi connectivity index (χ1) is 11.3. The summed E-state index contributed by atoms with van der Waals surface area (Å²) in [6, 6.07) is 9.84. The molecular weight excluding hydrogens is 335 g/mol. The van der Waals surface area contributed by atoms with Crippen LogP contribution in [0, 0.1) is 5.82 Å². The molecule has 0 aliphatic rings. The molecule has 0 aliphatic heterocycles. The maximum Gasteiger partial charge on any atom is 0.255 e. The van der Waals surface area contributed by atoms with Crippen LogP contribution < -0.4 is 15.2 Å². The third kappa shape index (κ3) is 4.53. The molecule has 1 amide bonds. The number of halogens is 1. The van der Waals surface area contributed by atoms with Gasteiger partial charge in [0.2, 0.25) is 10.0 Å². The van der Waals surface area contributed by atoms with Gasteiger partial charge in [-0.15, -0.1) is 0 Å². The molecule has 0 bridgehead atoms. The van der Waals surface area contributed by atoms with Crippen LogP contribution in [-0.4, -0.2) is 28.0 Å². The molecule has 2 aromatic carbocycles. The minimum atomic E-state index is -3.93. The second kappa shape index (κ2) is 7.41. The van der Waals surface area contributed by atoms with Gasteiger partial charge in [-0.2, -0.15) is 0 Å². The van der Waals surface area contributed by atoms with Crippen molar-refractivity contribution in [3.63, 3.8) is 0 Å². The fourth-order valence-electron chi connectivity index (χ4n) is 2.15. The first-order valence-electron chi connectivity index (χ1n) is 7.05. The van der Waals surface area contributed by atoms with E-state index in [1.807, 2.05) is 0 Å². The van der Waals surface area contributed by atoms with Crippen molar-refractivity contribution < 1.29 is 22.3 Å². The first kappa shape index (κ1) is 17.9. The lowest BCUT2D eigenvalue weighted by Crippen LogP contribution is -2.26. The van der Waals surface area contributed by atoms with Gasteiger partial charge in [0.05, 0.1) is 17.6 Å². The molecule has 0 spiro atoms. The highest BCUT2D eigenvalue weighted by molar-refractivity contribution is 7.89. The summed E-state index contributed by atoms with van der Waals surface area (Å²) in [4.78, 5) is 12.1. The van der Waals surface area contributed by atoms with Gasteiger partial charge in [-0.3, -0.25) is 4.79 Å². The Morgan fingerprint density at radius 1 is 1.25 bits per heavy atom. The summed E-state index contributed by atoms with van der Waals surface area (Å²) >= 11 is 0. The zero-order valence-electron chi connectivity index (χ0n) is 13.0. The summed E-state index contributed by atoms with van der Waals surface area (Å²) in [5.41, 5.74) is 0.795. The van der Waals surface area contributed by atoms with E-state index in [1.165, 1.54) is 31.4 Å². The van der Waals surface area contributed by atoms with E-state index in [9.17, 15) is 17.6 Å². The summed E-state index contributed by atoms with van der Waals surface area (Å²) in [7, 11) is -2.56. The monoisotopic (exact) mass is 352 g/mol. The summed E-state index contributed by atoms with van der Waals surface area (Å²) in [5, 5.41) is 7.72. The molecule has 0 saturated heterocycles. The van der Waals surface area contributed by atoms with Gasteiger partial charge < -0.3 is 10.1 Å². The van der Waals surface area contributed by atoms with Crippen LogP contribution in [0.1, 0.15) is 15.9 Å². The van der Waals surface area contributed by atoms with E-state index in [2.05, 4.69) is 5.32 Å². The summed E-state index contributed by atoms with van der Waals surface area (Å²) < 4.78 is 41.0. The molecule has 0 atom stereocenters. The van der Waals surface area contributed by atoms with Crippen LogP contribution in [0.25, 0.3) is 0 Å². The number of amides is 1. The van der Waals surface area contributed by atoms with Crippen molar-refractivity contribution in [2.45, 2.75) is 11.3 Å². The lowest BCUT2D eigenvalue weighted by molar-refractivity contribution is 0.0951. The summed E-state index contributed by atoms with van der Waals surface area (Å²) in [6.07, 6.45) is 0.431. The van der Waals surface area contributed by atoms with E-state index in [0.717, 1.165) is 11.6 Å². The molecule has 0 saturated carbocycles. The zero-order chi connectivity index (χ0) is 17.7. The van der Waals surface area contributed by atoms with Gasteiger partial charge in [0.1, 0.15) is 11.6 Å². The summed E-state index contributed by atoms with van der Waals surface area (Å²) in [6.45, 7) is 0.255. The van der Waals surface area contributed by atoms with Crippen molar-refractivity contribution in [1.82, 2.24) is 5.32 Å². The van der Waals surface area contributed by atoms with E-state index < -0.39 is 15.9 Å². The molecule has 2 aromatic rings. The Morgan fingerprint density at radius 2 is 2.00 bits per heavy atom. The Morgan fingerprint density at radius 3 is 2.62 bits per heavy atom. The number of nitrogens with two attached hydrogens (primary N) is 1. The van der Waals surface area contributed by atoms with Gasteiger partial charge in [-0.1, -0.05) is 12.1 Å². The van der Waals surface area contributed by atoms with Gasteiger partial charge in [-0.05, 0) is 42.3 Å². The van der Waals surface area contributed by atoms with Crippen LogP contribution in [0.5, 0.6) is 5.75 Å². The van der Waals surface area contributed by atoms with Crippen molar-refractivity contribution >= 4 is 15.9 Å². The number of hydrogen-bond donors (Lipinski definition) is 2. The maximum absolute atomic E-state index is 13.1. The molecule has 0 radical (unpaired) electrons. The number of ether oxygens (including phenoxy) is 1. The molecule has 0 aromatic heterocycles. The Labute approximate surface area is 139 Å². The normalized spacial score (nSPS) is 11.1. The minimum Gasteiger partial charge on any atom is -0.496 e. The number of carbonyl (C=O) groups is 1. The molecule has 24 heavy (non-hydrogen) atoms. The molecule has 8 heteroatoms. The lowest BCUT2D eigenvalue weighted by Gasteiger charge is -2.11. The SMILES string of the molecule is COc1ccc(S(N)(=O)=O)cc1C(=O)NCCc1cccc(F)c1. The highest BCUT2D eigenvalue weighted by Gasteiger charge is 2.17. The fraction of sp³-hybridized carbons (Fsp3) is 0.188. The van der Waals surface area contributed by atoms with Crippen molar-refractivity contribution in [3.8, 4) is 5.75 Å². The molecule has 6 nitrogen and oxygen atoms in total. The second-order valence-electron chi connectivity index (χ2n) is 5.04. The number of methoxy groups -OCH3 is 1. The first-order valence-corrected chi connectivity index (χ1v) is 8.59. The summed E-state index contributed by atoms with van der Waals surface area (Å²) in [5.74, 6) is -0.624. The number of rotatable bonds is 6. The molecule has 0 heterocycles. The van der Waals surface area contributed by atoms with Crippen molar-refractivity contribution in [2.75, 3.05) is 13.7 Å². The maximum atomic E-state index is 13.1. The van der Waals surface area contributed by atoms with Crippen molar-refractivity contribution in [2.24, 2.45) is 5.14 Å². The number of carbonyl (C=O) groups excluding carboxylic acids is 1. The highest BCUT2D eigenvalue weighted by Crippen LogP contribution is 2.21. The van der Waals surface area contributed by atoms with E-state index in [-0.39, 0.29) is 28.6 Å². The quantitative estimate of drug-likeness (QED) is 0.822. The molecular formula is C16H17FN2O4S. The van der Waals surface area contributed by atoms with E-state index in [4.69, 9.17) is 9.88 Å². The number of nitrogens with one attached hydrogen (secondary N) is 1. The van der Waals surface area contributed by atoms with Crippen LogP contribution in [0.15, 0.2) is 47.4 Å². The molecule has 0 aliphatic carbocycles. The van der Waals surface area contributed by atoms with Crippen LogP contribution in [0.3, 0.4) is 0 Å². The molecule has 0 unspecified atom stereocenters. The predicted molar refractivity (Wildman–Crippen MR) is 86.8 cm³/mol. The van der Waals surface area contributed by atoms with E-state index in [1.54, 1.807) is 12.1 Å². The average Bonchev–Trinajstić information content (AvgIpc) is 2.53. The Bertz CT molecular complexity index is 853. The number of hydrogen-bond acceptors (Lipinski definition) is 4. The Hall–Kier alpha value is -2.45. The van der Waals surface area contributed by atoms with Crippen LogP contribution in [0.2, 0.25) is 0 Å². The lowest BCUT2D eigenvalue weighted by atomic mass is 10.1. The standard InChI is InChI=1S/C16H17FN2O4S/c1-23-15-6-5-13(24(18,21)22)10-14(15)16(20)19-8-7-11-3-2-4-12(17)9-11/h2-6,9-10H,7-8H2,1H3,(H,19,20)(H2,18,21,22). The highest BCUT2D eigenvalue weighted by atomic mass is 32.2. The second-order valence-corrected chi connectivity index (χ2v) is 6.60. The van der Waals surface area contributed by atoms with Gasteiger partial charge in [0.15, 0.2) is 0 Å². The van der Waals surface area contributed by atoms with Gasteiger partial charge in [0.25, 0.3) is 5.91 Å². The molecule has 128 valence electrons. The van der Waals surface area contributed by atoms with E-state index in [0.29, 0.717) is 6.42 Å². The number of benzene rings is 2. The van der Waals surface area contributed by atoms with E-state index >= 15 is 0 Å². The zero-order valence-corrected chi connectivity index (χ0v) is 13.8. The van der Waals surface area contributed by atoms with Crippen molar-refractivity contribution in [3.05, 3.63) is 59.4 Å². The largest absolute Gasteiger partial charge is 0.496 e. The third-order valence-electron chi connectivity index (χ3n) is 3.33. The number of primary sulfonamides is 1. The Kier molecular flexibility index (Phi) is 5.53. The fourth-order valence-corrected chi connectivity index (χ4v) is 2.69. The molecule has 2 rings (SSSR count). The number of sulfonamides is 1. The van der Waals surface area contributed by atoms with Crippen LogP contribution in [-0.2, 0) is 16.4 Å². The van der Waals surface area contributed by atoms with Crippen LogP contribution in [0.4, 0.5) is 4.39 Å². The molecule has 0 fully saturated rings. The Balaban J connectivity index is 2.11. The van der Waals surface area contributed by atoms with Gasteiger partial charge in [0, 0.05) is 6.54 Å². The minimum absolute atomic E-state index is 0.0586. The van der Waals surface area contributed by atoms with Gasteiger partial charge in [-0.25, -0.2) is 17.9 Å². The third-order valence-corrected chi connectivity index (χ3v) is 4.24. The smallest absolute Gasteiger partial charge is 0.255 e. The average molecular weight is 352 g/mol. The van der Waals surface area contributed by atoms with Gasteiger partial charge >= 0.3 is 0 Å².